The van der Waals surface area contributed by atoms with Crippen molar-refractivity contribution in [3.8, 4) is 11.1 Å². The van der Waals surface area contributed by atoms with Gasteiger partial charge >= 0.3 is 5.91 Å². The highest BCUT2D eigenvalue weighted by atomic mass is 16.2. The third kappa shape index (κ3) is 5.88. The number of hydrogen-bond donors (Lipinski definition) is 1. The van der Waals surface area contributed by atoms with Gasteiger partial charge in [-0.1, -0.05) is 75.7 Å². The van der Waals surface area contributed by atoms with E-state index in [9.17, 15) is 9.59 Å². The lowest BCUT2D eigenvalue weighted by Crippen LogP contribution is -2.31. The van der Waals surface area contributed by atoms with Gasteiger partial charge in [0.25, 0.3) is 0 Å². The predicted molar refractivity (Wildman–Crippen MR) is 157 cm³/mol. The highest BCUT2D eigenvalue weighted by molar-refractivity contribution is 5.99. The van der Waals surface area contributed by atoms with E-state index in [0.29, 0.717) is 5.92 Å². The van der Waals surface area contributed by atoms with Crippen molar-refractivity contribution in [1.82, 2.24) is 0 Å². The van der Waals surface area contributed by atoms with Gasteiger partial charge in [0.05, 0.1) is 5.54 Å². The topological polar surface area (TPSA) is 63.2 Å². The first-order valence-corrected chi connectivity index (χ1v) is 14.1. The maximum absolute atomic E-state index is 12.7. The first-order valence-electron chi connectivity index (χ1n) is 14.1. The Morgan fingerprint density at radius 3 is 2.47 bits per heavy atom. The van der Waals surface area contributed by atoms with E-state index < -0.39 is 5.54 Å². The number of hydrogen-bond acceptors (Lipinski definition) is 3. The van der Waals surface area contributed by atoms with Crippen LogP contribution in [0.5, 0.6) is 0 Å². The van der Waals surface area contributed by atoms with Crippen LogP contribution in [0.4, 0.5) is 5.69 Å². The molecule has 0 saturated heterocycles. The summed E-state index contributed by atoms with van der Waals surface area (Å²) in [5.74, 6) is 0.447. The van der Waals surface area contributed by atoms with Gasteiger partial charge in [0.2, 0.25) is 5.69 Å². The van der Waals surface area contributed by atoms with Gasteiger partial charge in [0.1, 0.15) is 12.6 Å². The normalized spacial score (nSPS) is 18.3. The second-order valence-corrected chi connectivity index (χ2v) is 10.9. The number of allylic oxidation sites excluding steroid dienone is 2. The highest BCUT2D eigenvalue weighted by Gasteiger charge is 2.44. The molecule has 198 valence electrons. The molecule has 0 spiro atoms. The molecule has 2 unspecified atom stereocenters. The molecule has 0 aromatic heterocycles. The first-order chi connectivity index (χ1) is 18.3. The quantitative estimate of drug-likeness (QED) is 0.132. The summed E-state index contributed by atoms with van der Waals surface area (Å²) < 4.78 is 1.56. The molecule has 38 heavy (non-hydrogen) atoms. The highest BCUT2D eigenvalue weighted by Crippen LogP contribution is 2.41. The molecule has 2 aromatic carbocycles. The smallest absolute Gasteiger partial charge is 0.319 e. The van der Waals surface area contributed by atoms with Gasteiger partial charge < -0.3 is 5.73 Å². The maximum Gasteiger partial charge on any atom is 0.399 e. The Kier molecular flexibility index (Phi) is 8.76. The molecule has 1 fully saturated rings. The zero-order valence-electron chi connectivity index (χ0n) is 23.0. The Hall–Kier alpha value is -3.33. The van der Waals surface area contributed by atoms with E-state index in [1.807, 2.05) is 6.08 Å². The minimum absolute atomic E-state index is 0.0630. The van der Waals surface area contributed by atoms with Crippen LogP contribution in [-0.4, -0.2) is 28.5 Å². The number of amides is 1. The van der Waals surface area contributed by atoms with Crippen molar-refractivity contribution >= 4 is 29.7 Å². The SMILES string of the molecule is C=C=C(c1ccc(-c2ccc3c(c2)[N+](=C)C(=O)C3CCC)cc1)C(CCC)CCCC=CC(=O)C1(N)CC1. The molecule has 1 heterocycles. The number of unbranched alkanes of at least 4 members (excludes halogenated alkanes) is 1. The number of rotatable bonds is 13. The Morgan fingerprint density at radius 1 is 1.13 bits per heavy atom. The summed E-state index contributed by atoms with van der Waals surface area (Å²) in [4.78, 5) is 24.7. The van der Waals surface area contributed by atoms with Crippen molar-refractivity contribution in [2.45, 2.75) is 83.1 Å². The number of benzene rings is 2. The second-order valence-electron chi connectivity index (χ2n) is 10.9. The van der Waals surface area contributed by atoms with Gasteiger partial charge in [-0.05, 0) is 73.6 Å². The van der Waals surface area contributed by atoms with Crippen LogP contribution in [0.2, 0.25) is 0 Å². The lowest BCUT2D eigenvalue weighted by molar-refractivity contribution is -0.352. The molecule has 4 heteroatoms. The summed E-state index contributed by atoms with van der Waals surface area (Å²) in [5.41, 5.74) is 15.1. The molecule has 1 saturated carbocycles. The van der Waals surface area contributed by atoms with Gasteiger partial charge in [-0.2, -0.15) is 0 Å². The van der Waals surface area contributed by atoms with Crippen molar-refractivity contribution < 1.29 is 14.2 Å². The molecule has 0 bridgehead atoms. The van der Waals surface area contributed by atoms with Crippen LogP contribution in [0.25, 0.3) is 16.7 Å². The summed E-state index contributed by atoms with van der Waals surface area (Å²) in [6.45, 7) is 12.3. The number of fused-ring (bicyclic) bond motifs is 1. The van der Waals surface area contributed by atoms with Crippen LogP contribution >= 0.6 is 0 Å². The van der Waals surface area contributed by atoms with Crippen LogP contribution in [-0.2, 0) is 9.59 Å². The van der Waals surface area contributed by atoms with Crippen LogP contribution in [0.1, 0.15) is 88.7 Å². The van der Waals surface area contributed by atoms with E-state index in [2.05, 4.69) is 75.3 Å². The van der Waals surface area contributed by atoms with E-state index in [0.717, 1.165) is 91.3 Å². The molecule has 2 atom stereocenters. The molecular formula is C34H41N2O2+. The Balaban J connectivity index is 1.44. The van der Waals surface area contributed by atoms with E-state index in [4.69, 9.17) is 5.73 Å². The largest absolute Gasteiger partial charge is 0.399 e. The third-order valence-corrected chi connectivity index (χ3v) is 8.08. The maximum atomic E-state index is 12.7. The van der Waals surface area contributed by atoms with Crippen LogP contribution in [0, 0.1) is 5.92 Å². The lowest BCUT2D eigenvalue weighted by Gasteiger charge is -2.19. The van der Waals surface area contributed by atoms with Gasteiger partial charge in [-0.25, -0.2) is 4.79 Å². The fourth-order valence-corrected chi connectivity index (χ4v) is 5.58. The molecule has 2 N–H and O–H groups in total. The number of nitrogens with two attached hydrogens (primary N) is 1. The van der Waals surface area contributed by atoms with Crippen molar-refractivity contribution in [2.75, 3.05) is 0 Å². The minimum atomic E-state index is -0.576. The molecule has 2 aromatic rings. The van der Waals surface area contributed by atoms with Gasteiger partial charge in [0.15, 0.2) is 5.78 Å². The summed E-state index contributed by atoms with van der Waals surface area (Å²) >= 11 is 0. The molecule has 2 aliphatic rings. The van der Waals surface area contributed by atoms with Crippen molar-refractivity contribution in [3.05, 3.63) is 78.1 Å². The van der Waals surface area contributed by atoms with Gasteiger partial charge in [-0.3, -0.25) is 4.79 Å². The lowest BCUT2D eigenvalue weighted by atomic mass is 9.85. The average molecular weight is 510 g/mol. The molecule has 4 nitrogen and oxygen atoms in total. The Bertz CT molecular complexity index is 1290. The van der Waals surface area contributed by atoms with E-state index in [1.54, 1.807) is 10.7 Å². The van der Waals surface area contributed by atoms with E-state index in [-0.39, 0.29) is 17.6 Å². The van der Waals surface area contributed by atoms with Gasteiger partial charge in [0, 0.05) is 17.2 Å². The standard InChI is InChI=1S/C34H41N2O2/c1-5-11-25(13-9-8-10-14-32(37)34(35)21-22-34)28(7-3)26-17-15-24(16-18-26)27-19-20-29-30(12-6-2)33(38)36(4)31(29)23-27/h10,14-20,23,25,30H,3-6,8-9,11-13,21-22,35H2,1-2H3/q+1. The molecule has 1 aliphatic heterocycles. The van der Waals surface area contributed by atoms with Crippen LogP contribution in [0.3, 0.4) is 0 Å². The third-order valence-electron chi connectivity index (χ3n) is 8.08. The number of carbonyl (C=O) groups is 2. The second kappa shape index (κ2) is 12.0. The fourth-order valence-electron chi connectivity index (χ4n) is 5.58. The molecule has 0 radical (unpaired) electrons. The van der Waals surface area contributed by atoms with Crippen molar-refractivity contribution in [1.29, 1.82) is 0 Å². The number of carbonyl (C=O) groups excluding carboxylic acids is 2. The summed E-state index contributed by atoms with van der Waals surface area (Å²) in [5, 5.41) is 0. The van der Waals surface area contributed by atoms with Crippen LogP contribution in [0.15, 0.2) is 66.9 Å². The van der Waals surface area contributed by atoms with Gasteiger partial charge in [-0.15, -0.1) is 10.3 Å². The van der Waals surface area contributed by atoms with E-state index in [1.165, 1.54) is 0 Å². The number of nitrogens with zero attached hydrogens (tertiary/aromatic N) is 1. The molecule has 4 rings (SSSR count). The number of ketones is 1. The van der Waals surface area contributed by atoms with E-state index >= 15 is 0 Å². The van der Waals surface area contributed by atoms with Crippen LogP contribution < -0.4 is 5.73 Å². The Morgan fingerprint density at radius 2 is 1.84 bits per heavy atom. The predicted octanol–water partition coefficient (Wildman–Crippen LogP) is 7.49. The molecule has 1 aliphatic carbocycles. The molecule has 1 amide bonds. The zero-order chi connectivity index (χ0) is 27.3. The van der Waals surface area contributed by atoms with Crippen molar-refractivity contribution in [2.24, 2.45) is 11.7 Å². The minimum Gasteiger partial charge on any atom is -0.319 e. The first kappa shape index (κ1) is 27.7. The average Bonchev–Trinajstić information content (AvgIpc) is 3.64. The Labute approximate surface area is 227 Å². The zero-order valence-corrected chi connectivity index (χ0v) is 23.0. The van der Waals surface area contributed by atoms with Crippen molar-refractivity contribution in [3.63, 3.8) is 0 Å². The summed E-state index contributed by atoms with van der Waals surface area (Å²) in [7, 11) is 0. The summed E-state index contributed by atoms with van der Waals surface area (Å²) in [6.07, 6.45) is 12.2. The summed E-state index contributed by atoms with van der Waals surface area (Å²) in [6, 6.07) is 14.9. The monoisotopic (exact) mass is 509 g/mol. The fraction of sp³-hybridized carbons (Fsp3) is 0.412. The molecular weight excluding hydrogens is 468 g/mol.